The molecule has 0 radical (unpaired) electrons. The molecule has 2 nitrogen and oxygen atoms in total. The number of hydrogen-bond donors (Lipinski definition) is 2. The van der Waals surface area contributed by atoms with E-state index >= 15 is 0 Å². The van der Waals surface area contributed by atoms with Crippen molar-refractivity contribution in [3.05, 3.63) is 11.8 Å². The molecule has 0 bridgehead atoms. The zero-order valence-corrected chi connectivity index (χ0v) is 8.24. The number of ketones is 1. The van der Waals surface area contributed by atoms with Crippen LogP contribution in [0, 0.1) is 0 Å². The Morgan fingerprint density at radius 2 is 1.93 bits per heavy atom. The Labute approximate surface area is 85.2 Å². The molecule has 14 heavy (non-hydrogen) atoms. The van der Waals surface area contributed by atoms with Gasteiger partial charge in [-0.1, -0.05) is 0 Å². The molecule has 0 fully saturated rings. The highest BCUT2D eigenvalue weighted by atomic mass is 32.1. The minimum atomic E-state index is -4.83. The Balaban J connectivity index is 4.03. The SMILES string of the molecule is O=C(/C=C(\O)C(F)(F)F)CCCCS. The zero-order valence-electron chi connectivity index (χ0n) is 7.34. The quantitative estimate of drug-likeness (QED) is 0.328. The molecule has 0 saturated carbocycles. The van der Waals surface area contributed by atoms with Gasteiger partial charge in [0.15, 0.2) is 5.78 Å². The Morgan fingerprint density at radius 1 is 1.36 bits per heavy atom. The predicted octanol–water partition coefficient (Wildman–Crippen LogP) is 2.66. The number of allylic oxidation sites excluding steroid dienone is 2. The van der Waals surface area contributed by atoms with E-state index < -0.39 is 17.7 Å². The van der Waals surface area contributed by atoms with Crippen molar-refractivity contribution in [2.24, 2.45) is 0 Å². The average Bonchev–Trinajstić information content (AvgIpc) is 2.03. The maximum Gasteiger partial charge on any atom is 0.448 e. The van der Waals surface area contributed by atoms with Gasteiger partial charge in [-0.2, -0.15) is 25.8 Å². The molecule has 1 N–H and O–H groups in total. The third kappa shape index (κ3) is 5.90. The lowest BCUT2D eigenvalue weighted by atomic mass is 10.2. The molecule has 0 spiro atoms. The second-order valence-corrected chi connectivity index (χ2v) is 3.12. The molecule has 0 heterocycles. The second kappa shape index (κ2) is 5.95. The lowest BCUT2D eigenvalue weighted by Gasteiger charge is -2.03. The molecular formula is C8H11F3O2S. The summed E-state index contributed by atoms with van der Waals surface area (Å²) in [7, 11) is 0. The normalized spacial score (nSPS) is 13.0. The van der Waals surface area contributed by atoms with Crippen LogP contribution in [0.25, 0.3) is 0 Å². The number of carbonyl (C=O) groups excluding carboxylic acids is 1. The van der Waals surface area contributed by atoms with Gasteiger partial charge < -0.3 is 5.11 Å². The first kappa shape index (κ1) is 13.4. The summed E-state index contributed by atoms with van der Waals surface area (Å²) in [6.07, 6.45) is -3.47. The summed E-state index contributed by atoms with van der Waals surface area (Å²) < 4.78 is 35.1. The molecule has 0 amide bonds. The minimum Gasteiger partial charge on any atom is -0.504 e. The van der Waals surface area contributed by atoms with E-state index in [1.54, 1.807) is 0 Å². The number of hydrogen-bond acceptors (Lipinski definition) is 3. The number of unbranched alkanes of at least 4 members (excludes halogenated alkanes) is 1. The van der Waals surface area contributed by atoms with Gasteiger partial charge in [-0.3, -0.25) is 4.79 Å². The topological polar surface area (TPSA) is 37.3 Å². The first-order valence-corrected chi connectivity index (χ1v) is 4.62. The maximum absolute atomic E-state index is 11.7. The smallest absolute Gasteiger partial charge is 0.448 e. The van der Waals surface area contributed by atoms with Crippen molar-refractivity contribution in [3.8, 4) is 0 Å². The molecule has 0 rings (SSSR count). The number of halogens is 3. The molecule has 0 aromatic rings. The van der Waals surface area contributed by atoms with Crippen LogP contribution >= 0.6 is 12.6 Å². The number of aliphatic hydroxyl groups is 1. The van der Waals surface area contributed by atoms with Gasteiger partial charge in [0.2, 0.25) is 5.76 Å². The lowest BCUT2D eigenvalue weighted by Crippen LogP contribution is -2.13. The van der Waals surface area contributed by atoms with Gasteiger partial charge in [-0.05, 0) is 18.6 Å². The Morgan fingerprint density at radius 3 is 2.36 bits per heavy atom. The van der Waals surface area contributed by atoms with Crippen molar-refractivity contribution >= 4 is 18.4 Å². The molecule has 0 unspecified atom stereocenters. The molecular weight excluding hydrogens is 217 g/mol. The summed E-state index contributed by atoms with van der Waals surface area (Å²) in [6.45, 7) is 0. The highest BCUT2D eigenvalue weighted by molar-refractivity contribution is 7.80. The first-order valence-electron chi connectivity index (χ1n) is 3.99. The minimum absolute atomic E-state index is 0.000694. The fourth-order valence-corrected chi connectivity index (χ4v) is 0.941. The maximum atomic E-state index is 11.7. The first-order chi connectivity index (χ1) is 6.38. The standard InChI is InChI=1S/C8H11F3O2S/c9-8(10,11)7(13)5-6(12)3-1-2-4-14/h5,13-14H,1-4H2/b7-5-. The number of thiol groups is 1. The Kier molecular flexibility index (Phi) is 5.68. The van der Waals surface area contributed by atoms with Gasteiger partial charge in [0.1, 0.15) is 0 Å². The van der Waals surface area contributed by atoms with Gasteiger partial charge in [-0.25, -0.2) is 0 Å². The summed E-state index contributed by atoms with van der Waals surface area (Å²) in [5, 5.41) is 8.41. The van der Waals surface area contributed by atoms with Crippen LogP contribution in [0.2, 0.25) is 0 Å². The van der Waals surface area contributed by atoms with Crippen LogP contribution < -0.4 is 0 Å². The molecule has 0 aromatic heterocycles. The summed E-state index contributed by atoms with van der Waals surface area (Å²) in [5.74, 6) is -1.97. The van der Waals surface area contributed by atoms with Crippen LogP contribution in [0.4, 0.5) is 13.2 Å². The largest absolute Gasteiger partial charge is 0.504 e. The lowest BCUT2D eigenvalue weighted by molar-refractivity contribution is -0.125. The van der Waals surface area contributed by atoms with E-state index in [1.807, 2.05) is 0 Å². The summed E-state index contributed by atoms with van der Waals surface area (Å²) in [4.78, 5) is 10.8. The van der Waals surface area contributed by atoms with E-state index in [0.717, 1.165) is 0 Å². The highest BCUT2D eigenvalue weighted by Gasteiger charge is 2.34. The monoisotopic (exact) mass is 228 g/mol. The van der Waals surface area contributed by atoms with E-state index in [0.29, 0.717) is 18.6 Å². The number of aliphatic hydroxyl groups excluding tert-OH is 1. The van der Waals surface area contributed by atoms with Crippen molar-refractivity contribution in [1.29, 1.82) is 0 Å². The van der Waals surface area contributed by atoms with E-state index in [4.69, 9.17) is 5.11 Å². The number of carbonyl (C=O) groups is 1. The Hall–Kier alpha value is -0.650. The average molecular weight is 228 g/mol. The molecule has 0 aromatic carbocycles. The molecule has 6 heteroatoms. The third-order valence-corrected chi connectivity index (χ3v) is 1.74. The van der Waals surface area contributed by atoms with Crippen molar-refractivity contribution in [2.75, 3.05) is 5.75 Å². The zero-order chi connectivity index (χ0) is 11.2. The van der Waals surface area contributed by atoms with E-state index in [9.17, 15) is 18.0 Å². The van der Waals surface area contributed by atoms with Gasteiger partial charge >= 0.3 is 6.18 Å². The van der Waals surface area contributed by atoms with E-state index in [1.165, 1.54) is 0 Å². The van der Waals surface area contributed by atoms with Gasteiger partial charge in [0, 0.05) is 12.5 Å². The number of rotatable bonds is 5. The molecule has 0 saturated heterocycles. The highest BCUT2D eigenvalue weighted by Crippen LogP contribution is 2.23. The van der Waals surface area contributed by atoms with Crippen molar-refractivity contribution in [2.45, 2.75) is 25.4 Å². The van der Waals surface area contributed by atoms with Crippen LogP contribution in [0.15, 0.2) is 11.8 Å². The second-order valence-electron chi connectivity index (χ2n) is 2.67. The molecule has 82 valence electrons. The van der Waals surface area contributed by atoms with Crippen LogP contribution in [0.1, 0.15) is 19.3 Å². The fraction of sp³-hybridized carbons (Fsp3) is 0.625. The summed E-state index contributed by atoms with van der Waals surface area (Å²) >= 11 is 3.88. The van der Waals surface area contributed by atoms with E-state index in [-0.39, 0.29) is 12.5 Å². The van der Waals surface area contributed by atoms with Crippen LogP contribution in [0.5, 0.6) is 0 Å². The fourth-order valence-electron chi connectivity index (χ4n) is 0.718. The van der Waals surface area contributed by atoms with Crippen LogP contribution in [-0.2, 0) is 4.79 Å². The molecule has 0 aliphatic heterocycles. The third-order valence-electron chi connectivity index (χ3n) is 1.42. The van der Waals surface area contributed by atoms with Crippen molar-refractivity contribution < 1.29 is 23.1 Å². The van der Waals surface area contributed by atoms with Crippen LogP contribution in [-0.4, -0.2) is 22.8 Å². The summed E-state index contributed by atoms with van der Waals surface area (Å²) in [5.41, 5.74) is 0. The van der Waals surface area contributed by atoms with Gasteiger partial charge in [0.25, 0.3) is 0 Å². The van der Waals surface area contributed by atoms with Crippen molar-refractivity contribution in [1.82, 2.24) is 0 Å². The van der Waals surface area contributed by atoms with E-state index in [2.05, 4.69) is 12.6 Å². The number of alkyl halides is 3. The van der Waals surface area contributed by atoms with Crippen LogP contribution in [0.3, 0.4) is 0 Å². The predicted molar refractivity (Wildman–Crippen MR) is 49.5 cm³/mol. The van der Waals surface area contributed by atoms with Crippen molar-refractivity contribution in [3.63, 3.8) is 0 Å². The molecule has 0 aliphatic rings. The molecule has 0 atom stereocenters. The molecule has 0 aliphatic carbocycles. The Bertz CT molecular complexity index is 223. The van der Waals surface area contributed by atoms with Gasteiger partial charge in [0.05, 0.1) is 0 Å². The summed E-state index contributed by atoms with van der Waals surface area (Å²) in [6, 6.07) is 0. The van der Waals surface area contributed by atoms with Gasteiger partial charge in [-0.15, -0.1) is 0 Å².